The number of nitrogens with zero attached hydrogens (tertiary/aromatic N) is 2. The van der Waals surface area contributed by atoms with Gasteiger partial charge in [-0.2, -0.15) is 0 Å². The fraction of sp³-hybridized carbons (Fsp3) is 0.238. The van der Waals surface area contributed by atoms with Crippen LogP contribution in [0.5, 0.6) is 5.75 Å². The normalized spacial score (nSPS) is 11.8. The molecule has 13 heteroatoms. The lowest BCUT2D eigenvalue weighted by Crippen LogP contribution is -2.51. The second-order valence-electron chi connectivity index (χ2n) is 12.7. The molecule has 4 rings (SSSR count). The Morgan fingerprint density at radius 2 is 1.00 bits per heavy atom. The summed E-state index contributed by atoms with van der Waals surface area (Å²) in [6.45, 7) is 9.38. The Kier molecular flexibility index (Phi) is 14.9. The minimum absolute atomic E-state index is 0.0214. The molecule has 0 saturated heterocycles. The van der Waals surface area contributed by atoms with E-state index in [0.29, 0.717) is 29.3 Å². The Balaban J connectivity index is 1.54. The fourth-order valence-electron chi connectivity index (χ4n) is 5.86. The lowest BCUT2D eigenvalue weighted by Gasteiger charge is -2.28. The fourth-order valence-corrected chi connectivity index (χ4v) is 5.86. The number of methoxy groups -OCH3 is 1. The number of aryl methyl sites for hydroxylation is 1. The number of anilines is 2. The molecular formula is C42H42F4N4O5. The average Bonchev–Trinajstić information content (AvgIpc) is 3.14. The van der Waals surface area contributed by atoms with Crippen molar-refractivity contribution in [3.05, 3.63) is 150 Å². The van der Waals surface area contributed by atoms with Crippen LogP contribution in [0, 0.1) is 30.2 Å². The highest BCUT2D eigenvalue weighted by molar-refractivity contribution is 6.01. The molecule has 0 bridgehead atoms. The third-order valence-corrected chi connectivity index (χ3v) is 8.46. The molecule has 0 aliphatic carbocycles. The van der Waals surface area contributed by atoms with Crippen molar-refractivity contribution in [2.24, 2.45) is 0 Å². The van der Waals surface area contributed by atoms with Gasteiger partial charge in [-0.05, 0) is 78.7 Å². The number of carbonyl (C=O) groups is 4. The van der Waals surface area contributed by atoms with Crippen molar-refractivity contribution in [2.75, 3.05) is 30.0 Å². The summed E-state index contributed by atoms with van der Waals surface area (Å²) in [7, 11) is 1.48. The maximum Gasteiger partial charge on any atom is 0.250 e. The minimum Gasteiger partial charge on any atom is -0.497 e. The van der Waals surface area contributed by atoms with E-state index in [-0.39, 0.29) is 37.1 Å². The van der Waals surface area contributed by atoms with Crippen molar-refractivity contribution in [1.29, 1.82) is 0 Å². The third kappa shape index (κ3) is 12.1. The second-order valence-corrected chi connectivity index (χ2v) is 12.7. The van der Waals surface area contributed by atoms with E-state index in [9.17, 15) is 36.7 Å². The number of nitrogens with one attached hydrogen (secondary N) is 2. The highest BCUT2D eigenvalue weighted by atomic mass is 19.1. The molecule has 0 fully saturated rings. The zero-order valence-electron chi connectivity index (χ0n) is 30.5. The number of hydrogen-bond donors (Lipinski definition) is 2. The molecule has 2 N–H and O–H groups in total. The topological polar surface area (TPSA) is 108 Å². The van der Waals surface area contributed by atoms with Gasteiger partial charge in [0, 0.05) is 62.3 Å². The number of carbonyl (C=O) groups excluding carboxylic acids is 4. The summed E-state index contributed by atoms with van der Waals surface area (Å²) in [5.41, 5.74) is 2.06. The van der Waals surface area contributed by atoms with E-state index >= 15 is 0 Å². The van der Waals surface area contributed by atoms with Crippen LogP contribution in [0.25, 0.3) is 0 Å². The Bertz CT molecular complexity index is 1970. The number of halogens is 4. The van der Waals surface area contributed by atoms with Gasteiger partial charge in [0.1, 0.15) is 41.1 Å². The molecule has 0 heterocycles. The molecule has 4 aromatic carbocycles. The van der Waals surface area contributed by atoms with Gasteiger partial charge in [0.05, 0.1) is 7.11 Å². The van der Waals surface area contributed by atoms with Crippen molar-refractivity contribution in [1.82, 2.24) is 10.6 Å². The Hall–Kier alpha value is -6.24. The van der Waals surface area contributed by atoms with Gasteiger partial charge in [0.15, 0.2) is 0 Å². The number of amides is 4. The maximum absolute atomic E-state index is 14.1. The summed E-state index contributed by atoms with van der Waals surface area (Å²) < 4.78 is 61.8. The minimum atomic E-state index is -1.34. The van der Waals surface area contributed by atoms with Crippen LogP contribution in [0.1, 0.15) is 29.5 Å². The standard InChI is InChI=1S/C42H42F4N4O5/c1-5-17-49(34-9-7-27(3)8-10-34)41(53)37(23-28-19-30(43)25-31(44)20-28)47-39(51)15-16-40(52)48-38(24-29-21-32(45)26-33(46)22-29)42(54)50(18-6-2)35-11-13-36(55-4)14-12-35/h5-14,19-22,25-26,37-38H,1-2,15-18,23-24H2,3-4H3,(H,47,51)(H,48,52)/t37-,38-/m0/s1. The molecule has 0 unspecified atom stereocenters. The van der Waals surface area contributed by atoms with Crippen LogP contribution in [-0.4, -0.2) is 55.9 Å². The lowest BCUT2D eigenvalue weighted by molar-refractivity contribution is -0.130. The average molecular weight is 759 g/mol. The van der Waals surface area contributed by atoms with Gasteiger partial charge in [-0.15, -0.1) is 13.2 Å². The van der Waals surface area contributed by atoms with E-state index in [1.807, 2.05) is 6.92 Å². The SMILES string of the molecule is C=CCN(C(=O)[C@H](Cc1cc(F)cc(F)c1)NC(=O)CCC(=O)N[C@@H](Cc1cc(F)cc(F)c1)C(=O)N(CC=C)c1ccc(OC)cc1)c1ccc(C)cc1. The van der Waals surface area contributed by atoms with Crippen LogP contribution >= 0.6 is 0 Å². The van der Waals surface area contributed by atoms with E-state index < -0.39 is 71.8 Å². The van der Waals surface area contributed by atoms with Crippen LogP contribution in [0.4, 0.5) is 28.9 Å². The molecular weight excluding hydrogens is 716 g/mol. The summed E-state index contributed by atoms with van der Waals surface area (Å²) in [5, 5.41) is 5.20. The maximum atomic E-state index is 14.1. The molecule has 0 spiro atoms. The van der Waals surface area contributed by atoms with Crippen molar-refractivity contribution in [3.8, 4) is 5.75 Å². The summed E-state index contributed by atoms with van der Waals surface area (Å²) >= 11 is 0. The quantitative estimate of drug-likeness (QED) is 0.0887. The van der Waals surface area contributed by atoms with E-state index in [1.54, 1.807) is 48.5 Å². The molecule has 0 radical (unpaired) electrons. The molecule has 55 heavy (non-hydrogen) atoms. The van der Waals surface area contributed by atoms with Gasteiger partial charge < -0.3 is 25.2 Å². The molecule has 4 aromatic rings. The molecule has 288 valence electrons. The van der Waals surface area contributed by atoms with Crippen LogP contribution < -0.4 is 25.2 Å². The van der Waals surface area contributed by atoms with Gasteiger partial charge in [-0.25, -0.2) is 17.6 Å². The van der Waals surface area contributed by atoms with Gasteiger partial charge >= 0.3 is 0 Å². The highest BCUT2D eigenvalue weighted by Crippen LogP contribution is 2.22. The number of hydrogen-bond acceptors (Lipinski definition) is 5. The van der Waals surface area contributed by atoms with Gasteiger partial charge in [0.2, 0.25) is 23.6 Å². The van der Waals surface area contributed by atoms with Crippen LogP contribution in [0.15, 0.2) is 110 Å². The lowest BCUT2D eigenvalue weighted by atomic mass is 10.0. The first-order valence-corrected chi connectivity index (χ1v) is 17.3. The van der Waals surface area contributed by atoms with Crippen molar-refractivity contribution >= 4 is 35.0 Å². The summed E-state index contributed by atoms with van der Waals surface area (Å²) in [6.07, 6.45) is 1.47. The van der Waals surface area contributed by atoms with Crippen molar-refractivity contribution in [2.45, 2.75) is 44.7 Å². The smallest absolute Gasteiger partial charge is 0.250 e. The van der Waals surface area contributed by atoms with Crippen molar-refractivity contribution < 1.29 is 41.5 Å². The number of benzene rings is 4. The summed E-state index contributed by atoms with van der Waals surface area (Å²) in [5.74, 6) is -5.66. The van der Waals surface area contributed by atoms with Crippen LogP contribution in [-0.2, 0) is 32.0 Å². The summed E-state index contributed by atoms with van der Waals surface area (Å²) in [6, 6.07) is 16.4. The van der Waals surface area contributed by atoms with Crippen LogP contribution in [0.2, 0.25) is 0 Å². The first kappa shape index (κ1) is 41.5. The van der Waals surface area contributed by atoms with Gasteiger partial charge in [0.25, 0.3) is 0 Å². The first-order chi connectivity index (χ1) is 26.3. The number of ether oxygens (including phenoxy) is 1. The largest absolute Gasteiger partial charge is 0.497 e. The number of rotatable bonds is 18. The Morgan fingerprint density at radius 3 is 1.35 bits per heavy atom. The molecule has 0 aliphatic heterocycles. The van der Waals surface area contributed by atoms with E-state index in [4.69, 9.17) is 4.74 Å². The Morgan fingerprint density at radius 1 is 0.636 bits per heavy atom. The molecule has 0 aliphatic rings. The molecule has 4 amide bonds. The Labute approximate surface area is 317 Å². The molecule has 0 saturated carbocycles. The van der Waals surface area contributed by atoms with Crippen LogP contribution in [0.3, 0.4) is 0 Å². The van der Waals surface area contributed by atoms with Crippen molar-refractivity contribution in [3.63, 3.8) is 0 Å². The predicted octanol–water partition coefficient (Wildman–Crippen LogP) is 6.53. The zero-order chi connectivity index (χ0) is 40.1. The zero-order valence-corrected chi connectivity index (χ0v) is 30.5. The van der Waals surface area contributed by atoms with E-state index in [0.717, 1.165) is 29.8 Å². The molecule has 0 aromatic heterocycles. The second kappa shape index (κ2) is 19.7. The molecule has 9 nitrogen and oxygen atoms in total. The first-order valence-electron chi connectivity index (χ1n) is 17.3. The molecule has 2 atom stereocenters. The van der Waals surface area contributed by atoms with Gasteiger partial charge in [-0.3, -0.25) is 19.2 Å². The third-order valence-electron chi connectivity index (χ3n) is 8.46. The highest BCUT2D eigenvalue weighted by Gasteiger charge is 2.30. The van der Waals surface area contributed by atoms with Gasteiger partial charge in [-0.1, -0.05) is 29.8 Å². The summed E-state index contributed by atoms with van der Waals surface area (Å²) in [4.78, 5) is 57.4. The predicted molar refractivity (Wildman–Crippen MR) is 202 cm³/mol. The van der Waals surface area contributed by atoms with E-state index in [1.165, 1.54) is 29.1 Å². The monoisotopic (exact) mass is 758 g/mol. The van der Waals surface area contributed by atoms with E-state index in [2.05, 4.69) is 23.8 Å².